The Balaban J connectivity index is 1.66. The number of imide groups is 1. The van der Waals surface area contributed by atoms with Gasteiger partial charge in [0.1, 0.15) is 6.10 Å². The molecule has 3 heterocycles. The largest absolute Gasteiger partial charge is 0.470 e. The Bertz CT molecular complexity index is 623. The number of carbonyl (C=O) groups is 2. The van der Waals surface area contributed by atoms with E-state index in [1.54, 1.807) is 17.3 Å². The van der Waals surface area contributed by atoms with Gasteiger partial charge in [0.25, 0.3) is 5.88 Å². The lowest BCUT2D eigenvalue weighted by atomic mass is 10.1. The molecule has 1 aromatic heterocycles. The third kappa shape index (κ3) is 3.34. The highest BCUT2D eigenvalue weighted by Gasteiger charge is 2.33. The quantitative estimate of drug-likeness (QED) is 0.867. The Labute approximate surface area is 140 Å². The number of likely N-dealkylation sites (tertiary alicyclic amines) is 1. The number of ether oxygens (including phenoxy) is 1. The number of urea groups is 2. The first-order valence-electron chi connectivity index (χ1n) is 8.05. The third-order valence-electron chi connectivity index (χ3n) is 4.08. The molecule has 0 aliphatic carbocycles. The average molecular weight is 334 g/mol. The topological polar surface area (TPSA) is 90.9 Å². The number of rotatable bonds is 3. The van der Waals surface area contributed by atoms with Crippen molar-refractivity contribution in [1.82, 2.24) is 25.1 Å². The summed E-state index contributed by atoms with van der Waals surface area (Å²) in [6, 6.07) is -0.586. The normalized spacial score (nSPS) is 20.8. The van der Waals surface area contributed by atoms with Crippen molar-refractivity contribution in [2.75, 3.05) is 45.2 Å². The van der Waals surface area contributed by atoms with E-state index in [1.807, 2.05) is 19.0 Å². The highest BCUT2D eigenvalue weighted by molar-refractivity contribution is 5.95. The summed E-state index contributed by atoms with van der Waals surface area (Å²) in [5.41, 5.74) is 0. The molecule has 1 N–H and O–H groups in total. The van der Waals surface area contributed by atoms with E-state index < -0.39 is 0 Å². The summed E-state index contributed by atoms with van der Waals surface area (Å²) in [6.45, 7) is 1.98. The van der Waals surface area contributed by atoms with Gasteiger partial charge in [-0.15, -0.1) is 0 Å². The van der Waals surface area contributed by atoms with Crippen LogP contribution in [0.5, 0.6) is 5.88 Å². The van der Waals surface area contributed by atoms with E-state index in [2.05, 4.69) is 15.3 Å². The fraction of sp³-hybridized carbons (Fsp3) is 0.600. The first-order valence-corrected chi connectivity index (χ1v) is 8.05. The molecule has 24 heavy (non-hydrogen) atoms. The van der Waals surface area contributed by atoms with Gasteiger partial charge in [-0.3, -0.25) is 0 Å². The maximum Gasteiger partial charge on any atom is 0.328 e. The number of amides is 4. The van der Waals surface area contributed by atoms with Crippen LogP contribution in [0.3, 0.4) is 0 Å². The molecule has 1 atom stereocenters. The lowest BCUT2D eigenvalue weighted by Gasteiger charge is -2.34. The molecule has 9 heteroatoms. The van der Waals surface area contributed by atoms with Gasteiger partial charge in [0.2, 0.25) is 0 Å². The number of nitrogens with zero attached hydrogens (tertiary/aromatic N) is 5. The second kappa shape index (κ2) is 6.90. The second-order valence-electron chi connectivity index (χ2n) is 6.07. The van der Waals surface area contributed by atoms with Gasteiger partial charge in [-0.2, -0.15) is 0 Å². The molecular formula is C15H22N6O3. The van der Waals surface area contributed by atoms with Crippen LogP contribution in [0, 0.1) is 0 Å². The summed E-state index contributed by atoms with van der Waals surface area (Å²) >= 11 is 0. The molecule has 0 unspecified atom stereocenters. The highest BCUT2D eigenvalue weighted by atomic mass is 16.5. The number of nitrogens with one attached hydrogen (secondary N) is 1. The zero-order chi connectivity index (χ0) is 17.1. The van der Waals surface area contributed by atoms with Gasteiger partial charge in [-0.25, -0.2) is 24.5 Å². The van der Waals surface area contributed by atoms with Crippen molar-refractivity contribution in [3.63, 3.8) is 0 Å². The second-order valence-corrected chi connectivity index (χ2v) is 6.07. The van der Waals surface area contributed by atoms with Gasteiger partial charge in [-0.1, -0.05) is 0 Å². The minimum absolute atomic E-state index is 0.163. The lowest BCUT2D eigenvalue weighted by molar-refractivity contribution is 0.0883. The van der Waals surface area contributed by atoms with E-state index in [0.717, 1.165) is 12.8 Å². The summed E-state index contributed by atoms with van der Waals surface area (Å²) in [4.78, 5) is 37.4. The molecule has 2 saturated heterocycles. The van der Waals surface area contributed by atoms with E-state index >= 15 is 0 Å². The number of carbonyl (C=O) groups excluding carboxylic acids is 2. The highest BCUT2D eigenvalue weighted by Crippen LogP contribution is 2.24. The van der Waals surface area contributed by atoms with Gasteiger partial charge < -0.3 is 19.9 Å². The van der Waals surface area contributed by atoms with Gasteiger partial charge in [-0.05, 0) is 12.8 Å². The number of piperidine rings is 1. The number of hydrogen-bond donors (Lipinski definition) is 1. The third-order valence-corrected chi connectivity index (χ3v) is 4.08. The van der Waals surface area contributed by atoms with Crippen molar-refractivity contribution in [3.8, 4) is 5.88 Å². The Morgan fingerprint density at radius 2 is 2.12 bits per heavy atom. The maximum atomic E-state index is 12.5. The van der Waals surface area contributed by atoms with Crippen LogP contribution >= 0.6 is 0 Å². The monoisotopic (exact) mass is 334 g/mol. The fourth-order valence-electron chi connectivity index (χ4n) is 2.90. The lowest BCUT2D eigenvalue weighted by Crippen LogP contribution is -2.51. The first kappa shape index (κ1) is 16.3. The molecule has 1 aromatic rings. The summed E-state index contributed by atoms with van der Waals surface area (Å²) < 4.78 is 5.99. The number of anilines is 1. The van der Waals surface area contributed by atoms with Gasteiger partial charge in [0.15, 0.2) is 5.82 Å². The van der Waals surface area contributed by atoms with E-state index in [0.29, 0.717) is 37.9 Å². The summed E-state index contributed by atoms with van der Waals surface area (Å²) in [6.07, 6.45) is 4.69. The summed E-state index contributed by atoms with van der Waals surface area (Å²) in [7, 11) is 3.75. The summed E-state index contributed by atoms with van der Waals surface area (Å²) in [5.74, 6) is 1.11. The molecule has 2 fully saturated rings. The molecule has 3 rings (SSSR count). The smallest absolute Gasteiger partial charge is 0.328 e. The van der Waals surface area contributed by atoms with Crippen LogP contribution in [0.25, 0.3) is 0 Å². The zero-order valence-corrected chi connectivity index (χ0v) is 13.9. The predicted octanol–water partition coefficient (Wildman–Crippen LogP) is 0.531. The predicted molar refractivity (Wildman–Crippen MR) is 87.1 cm³/mol. The number of hydrogen-bond acceptors (Lipinski definition) is 6. The Kier molecular flexibility index (Phi) is 4.68. The molecule has 0 radical (unpaired) electrons. The average Bonchev–Trinajstić information content (AvgIpc) is 3.01. The van der Waals surface area contributed by atoms with E-state index in [9.17, 15) is 9.59 Å². The van der Waals surface area contributed by atoms with Gasteiger partial charge in [0.05, 0.1) is 6.54 Å². The Hall–Kier alpha value is -2.58. The summed E-state index contributed by atoms with van der Waals surface area (Å²) in [5, 5.41) is 2.65. The van der Waals surface area contributed by atoms with Gasteiger partial charge in [0, 0.05) is 46.1 Å². The SMILES string of the molecule is CN(C)c1nccnc1O[C@H]1CCCN(C(=O)N2CCNC2=O)C1. The van der Waals surface area contributed by atoms with Gasteiger partial charge >= 0.3 is 12.1 Å². The molecule has 2 aliphatic rings. The van der Waals surface area contributed by atoms with Crippen molar-refractivity contribution in [1.29, 1.82) is 0 Å². The zero-order valence-electron chi connectivity index (χ0n) is 13.9. The molecule has 2 aliphatic heterocycles. The van der Waals surface area contributed by atoms with E-state index in [4.69, 9.17) is 4.74 Å². The molecule has 130 valence electrons. The molecule has 9 nitrogen and oxygen atoms in total. The maximum absolute atomic E-state index is 12.5. The molecule has 0 bridgehead atoms. The molecule has 0 spiro atoms. The Morgan fingerprint density at radius 1 is 1.33 bits per heavy atom. The van der Waals surface area contributed by atoms with Crippen LogP contribution in [0.15, 0.2) is 12.4 Å². The minimum Gasteiger partial charge on any atom is -0.470 e. The van der Waals surface area contributed by atoms with Crippen LogP contribution in [0.2, 0.25) is 0 Å². The van der Waals surface area contributed by atoms with Crippen LogP contribution in [-0.4, -0.2) is 78.2 Å². The standard InChI is InChI=1S/C15H22N6O3/c1-19(2)12-13(17-6-5-16-12)24-11-4-3-8-20(10-11)15(23)21-9-7-18-14(21)22/h5-6,11H,3-4,7-10H2,1-2H3,(H,18,22)/t11-/m0/s1. The van der Waals surface area contributed by atoms with E-state index in [1.165, 1.54) is 4.90 Å². The number of aromatic nitrogens is 2. The van der Waals surface area contributed by atoms with Crippen LogP contribution in [-0.2, 0) is 0 Å². The molecular weight excluding hydrogens is 312 g/mol. The van der Waals surface area contributed by atoms with Crippen LogP contribution in [0.4, 0.5) is 15.4 Å². The van der Waals surface area contributed by atoms with Crippen molar-refractivity contribution in [2.45, 2.75) is 18.9 Å². The van der Waals surface area contributed by atoms with Crippen LogP contribution < -0.4 is 15.0 Å². The Morgan fingerprint density at radius 3 is 2.83 bits per heavy atom. The van der Waals surface area contributed by atoms with Crippen molar-refractivity contribution in [3.05, 3.63) is 12.4 Å². The van der Waals surface area contributed by atoms with E-state index in [-0.39, 0.29) is 18.2 Å². The van der Waals surface area contributed by atoms with Crippen molar-refractivity contribution >= 4 is 17.9 Å². The first-order chi connectivity index (χ1) is 11.6. The molecule has 0 saturated carbocycles. The van der Waals surface area contributed by atoms with Crippen LogP contribution in [0.1, 0.15) is 12.8 Å². The minimum atomic E-state index is -0.327. The van der Waals surface area contributed by atoms with Crippen molar-refractivity contribution in [2.24, 2.45) is 0 Å². The van der Waals surface area contributed by atoms with Crippen molar-refractivity contribution < 1.29 is 14.3 Å². The molecule has 0 aromatic carbocycles. The fourth-order valence-corrected chi connectivity index (χ4v) is 2.90. The molecule has 4 amide bonds.